The molecular weight excluding hydrogens is 186 g/mol. The lowest BCUT2D eigenvalue weighted by Gasteiger charge is -1.99. The van der Waals surface area contributed by atoms with E-state index in [2.05, 4.69) is 15.5 Å². The second kappa shape index (κ2) is 4.26. The van der Waals surface area contributed by atoms with Crippen LogP contribution in [0, 0.1) is 0 Å². The minimum atomic E-state index is -0.463. The fourth-order valence-corrected chi connectivity index (χ4v) is 0.848. The summed E-state index contributed by atoms with van der Waals surface area (Å²) in [5.41, 5.74) is 10.4. The average molecular weight is 197 g/mol. The lowest BCUT2D eigenvalue weighted by Crippen LogP contribution is -2.28. The van der Waals surface area contributed by atoms with Crippen LogP contribution < -0.4 is 16.8 Å². The molecule has 0 aliphatic carbocycles. The minimum absolute atomic E-state index is 0.107. The van der Waals surface area contributed by atoms with E-state index in [0.29, 0.717) is 0 Å². The van der Waals surface area contributed by atoms with Crippen molar-refractivity contribution in [3.63, 3.8) is 0 Å². The SMILES string of the molecule is NC(=O)CCNC(=O)c1cc(N)n[nH]1. The van der Waals surface area contributed by atoms with Gasteiger partial charge in [0.05, 0.1) is 0 Å². The largest absolute Gasteiger partial charge is 0.382 e. The van der Waals surface area contributed by atoms with Gasteiger partial charge in [0.15, 0.2) is 0 Å². The van der Waals surface area contributed by atoms with Crippen LogP contribution in [0.3, 0.4) is 0 Å². The second-order valence-electron chi connectivity index (χ2n) is 2.68. The Morgan fingerprint density at radius 2 is 2.29 bits per heavy atom. The first-order valence-corrected chi connectivity index (χ1v) is 3.97. The van der Waals surface area contributed by atoms with E-state index in [1.807, 2.05) is 0 Å². The summed E-state index contributed by atoms with van der Waals surface area (Å²) in [6.07, 6.45) is 0.107. The third-order valence-corrected chi connectivity index (χ3v) is 1.50. The summed E-state index contributed by atoms with van der Waals surface area (Å²) in [5.74, 6) is -0.588. The number of aromatic amines is 1. The van der Waals surface area contributed by atoms with E-state index in [1.54, 1.807) is 0 Å². The number of hydrogen-bond donors (Lipinski definition) is 4. The molecule has 0 aliphatic rings. The van der Waals surface area contributed by atoms with E-state index >= 15 is 0 Å². The van der Waals surface area contributed by atoms with Crippen LogP contribution in [0.15, 0.2) is 6.07 Å². The fourth-order valence-electron chi connectivity index (χ4n) is 0.848. The van der Waals surface area contributed by atoms with Gasteiger partial charge in [-0.25, -0.2) is 0 Å². The number of hydrogen-bond acceptors (Lipinski definition) is 4. The molecule has 6 N–H and O–H groups in total. The predicted molar refractivity (Wildman–Crippen MR) is 49.1 cm³/mol. The topological polar surface area (TPSA) is 127 Å². The highest BCUT2D eigenvalue weighted by Gasteiger charge is 2.07. The molecule has 1 aromatic rings. The third kappa shape index (κ3) is 2.77. The van der Waals surface area contributed by atoms with Gasteiger partial charge in [-0.1, -0.05) is 0 Å². The van der Waals surface area contributed by atoms with Gasteiger partial charge in [-0.05, 0) is 0 Å². The van der Waals surface area contributed by atoms with Gasteiger partial charge in [-0.15, -0.1) is 0 Å². The number of aromatic nitrogens is 2. The third-order valence-electron chi connectivity index (χ3n) is 1.50. The molecule has 76 valence electrons. The van der Waals surface area contributed by atoms with E-state index < -0.39 is 5.91 Å². The van der Waals surface area contributed by atoms with Crippen molar-refractivity contribution in [2.24, 2.45) is 5.73 Å². The molecule has 0 saturated carbocycles. The number of rotatable bonds is 4. The van der Waals surface area contributed by atoms with Gasteiger partial charge in [0.2, 0.25) is 5.91 Å². The number of amides is 2. The summed E-state index contributed by atoms with van der Waals surface area (Å²) in [7, 11) is 0. The van der Waals surface area contributed by atoms with Crippen molar-refractivity contribution in [3.05, 3.63) is 11.8 Å². The van der Waals surface area contributed by atoms with Crippen molar-refractivity contribution in [2.45, 2.75) is 6.42 Å². The maximum absolute atomic E-state index is 11.2. The molecular formula is C7H11N5O2. The Bertz CT molecular complexity index is 346. The van der Waals surface area contributed by atoms with Crippen molar-refractivity contribution in [1.82, 2.24) is 15.5 Å². The first kappa shape index (κ1) is 10.0. The maximum atomic E-state index is 11.2. The number of nitrogens with two attached hydrogens (primary N) is 2. The van der Waals surface area contributed by atoms with Gasteiger partial charge in [-0.3, -0.25) is 14.7 Å². The number of carbonyl (C=O) groups is 2. The van der Waals surface area contributed by atoms with Gasteiger partial charge in [0, 0.05) is 19.0 Å². The van der Waals surface area contributed by atoms with E-state index in [-0.39, 0.29) is 30.4 Å². The molecule has 0 radical (unpaired) electrons. The van der Waals surface area contributed by atoms with Gasteiger partial charge in [-0.2, -0.15) is 5.10 Å². The zero-order valence-corrected chi connectivity index (χ0v) is 7.41. The Hall–Kier alpha value is -2.05. The molecule has 0 atom stereocenters. The summed E-state index contributed by atoms with van der Waals surface area (Å²) in [5, 5.41) is 8.50. The average Bonchev–Trinajstić information content (AvgIpc) is 2.51. The van der Waals surface area contributed by atoms with E-state index in [4.69, 9.17) is 11.5 Å². The van der Waals surface area contributed by atoms with Gasteiger partial charge in [0.1, 0.15) is 11.5 Å². The number of carbonyl (C=O) groups excluding carboxylic acids is 2. The molecule has 7 heteroatoms. The van der Waals surface area contributed by atoms with Crippen LogP contribution in [0.5, 0.6) is 0 Å². The summed E-state index contributed by atoms with van der Waals surface area (Å²) in [6.45, 7) is 0.201. The fraction of sp³-hybridized carbons (Fsp3) is 0.286. The monoisotopic (exact) mass is 197 g/mol. The van der Waals surface area contributed by atoms with Crippen LogP contribution in [0.1, 0.15) is 16.9 Å². The normalized spacial score (nSPS) is 9.71. The Morgan fingerprint density at radius 3 is 2.79 bits per heavy atom. The Labute approximate surface area is 79.8 Å². The summed E-state index contributed by atoms with van der Waals surface area (Å²) in [6, 6.07) is 1.40. The molecule has 0 unspecified atom stereocenters. The van der Waals surface area contributed by atoms with Crippen LogP contribution in [-0.2, 0) is 4.79 Å². The quantitative estimate of drug-likeness (QED) is 0.473. The number of nitrogens with zero attached hydrogens (tertiary/aromatic N) is 1. The smallest absolute Gasteiger partial charge is 0.269 e. The first-order valence-electron chi connectivity index (χ1n) is 3.97. The Morgan fingerprint density at radius 1 is 1.57 bits per heavy atom. The minimum Gasteiger partial charge on any atom is -0.382 e. The first-order chi connectivity index (χ1) is 6.59. The summed E-state index contributed by atoms with van der Waals surface area (Å²) in [4.78, 5) is 21.6. The van der Waals surface area contributed by atoms with E-state index in [0.717, 1.165) is 0 Å². The summed E-state index contributed by atoms with van der Waals surface area (Å²) >= 11 is 0. The maximum Gasteiger partial charge on any atom is 0.269 e. The zero-order chi connectivity index (χ0) is 10.6. The predicted octanol–water partition coefficient (Wildman–Crippen LogP) is -1.40. The van der Waals surface area contributed by atoms with Crippen molar-refractivity contribution in [2.75, 3.05) is 12.3 Å². The highest BCUT2D eigenvalue weighted by Crippen LogP contribution is 1.99. The number of anilines is 1. The molecule has 14 heavy (non-hydrogen) atoms. The molecule has 0 saturated heterocycles. The molecule has 0 spiro atoms. The van der Waals surface area contributed by atoms with Crippen molar-refractivity contribution < 1.29 is 9.59 Å². The van der Waals surface area contributed by atoms with Gasteiger partial charge >= 0.3 is 0 Å². The zero-order valence-electron chi connectivity index (χ0n) is 7.41. The standard InChI is InChI=1S/C7H11N5O2/c8-5-3-4(11-12-5)7(14)10-2-1-6(9)13/h3H,1-2H2,(H2,9,13)(H,10,14)(H3,8,11,12). The molecule has 1 heterocycles. The molecule has 2 amide bonds. The molecule has 7 nitrogen and oxygen atoms in total. The van der Waals surface area contributed by atoms with Crippen molar-refractivity contribution >= 4 is 17.6 Å². The number of nitrogens with one attached hydrogen (secondary N) is 2. The van der Waals surface area contributed by atoms with Gasteiger partial charge in [0.25, 0.3) is 5.91 Å². The number of H-pyrrole nitrogens is 1. The van der Waals surface area contributed by atoms with E-state index in [1.165, 1.54) is 6.07 Å². The Kier molecular flexibility index (Phi) is 3.05. The second-order valence-corrected chi connectivity index (χ2v) is 2.68. The summed E-state index contributed by atoms with van der Waals surface area (Å²) < 4.78 is 0. The highest BCUT2D eigenvalue weighted by atomic mass is 16.2. The van der Waals surface area contributed by atoms with Crippen LogP contribution >= 0.6 is 0 Å². The van der Waals surface area contributed by atoms with Gasteiger partial charge < -0.3 is 16.8 Å². The molecule has 1 rings (SSSR count). The van der Waals surface area contributed by atoms with E-state index in [9.17, 15) is 9.59 Å². The lowest BCUT2D eigenvalue weighted by atomic mass is 10.3. The van der Waals surface area contributed by atoms with Crippen LogP contribution in [0.4, 0.5) is 5.82 Å². The number of primary amides is 1. The van der Waals surface area contributed by atoms with Crippen molar-refractivity contribution in [3.8, 4) is 0 Å². The molecule has 0 fully saturated rings. The Balaban J connectivity index is 2.39. The molecule has 0 aromatic carbocycles. The van der Waals surface area contributed by atoms with Crippen LogP contribution in [-0.4, -0.2) is 28.6 Å². The highest BCUT2D eigenvalue weighted by molar-refractivity contribution is 5.93. The lowest BCUT2D eigenvalue weighted by molar-refractivity contribution is -0.117. The molecule has 1 aromatic heterocycles. The van der Waals surface area contributed by atoms with Crippen molar-refractivity contribution in [1.29, 1.82) is 0 Å². The van der Waals surface area contributed by atoms with Crippen LogP contribution in [0.25, 0.3) is 0 Å². The van der Waals surface area contributed by atoms with Crippen LogP contribution in [0.2, 0.25) is 0 Å². The molecule has 0 bridgehead atoms. The molecule has 0 aliphatic heterocycles. The number of nitrogen functional groups attached to an aromatic ring is 1.